The highest BCUT2D eigenvalue weighted by molar-refractivity contribution is 7.96. The molecule has 4 aromatic heterocycles. The summed E-state index contributed by atoms with van der Waals surface area (Å²) in [6.45, 7) is 3.05. The van der Waals surface area contributed by atoms with Crippen LogP contribution in [0.5, 0.6) is 0 Å². The van der Waals surface area contributed by atoms with Gasteiger partial charge in [-0.2, -0.15) is 28.7 Å². The molecule has 3 aliphatic rings. The Balaban J connectivity index is -0.000000304. The zero-order valence-electron chi connectivity index (χ0n) is 43.3. The van der Waals surface area contributed by atoms with Crippen LogP contribution in [0.1, 0.15) is 61.1 Å². The van der Waals surface area contributed by atoms with Gasteiger partial charge in [-0.25, -0.2) is 24.6 Å². The summed E-state index contributed by atoms with van der Waals surface area (Å²) in [7, 11) is -11.5. The number of rotatable bonds is 9. The molecule has 0 saturated carbocycles. The van der Waals surface area contributed by atoms with E-state index in [1.165, 1.54) is 31.1 Å². The van der Waals surface area contributed by atoms with E-state index in [1.807, 2.05) is 11.8 Å². The molecule has 7 rings (SSSR count). The number of phosphoric acid groups is 1. The number of nitrogens with one attached hydrogen (secondary N) is 2. The summed E-state index contributed by atoms with van der Waals surface area (Å²) in [5, 5.41) is 94.5. The number of hydrogen-bond donors (Lipinski definition) is 13. The molecule has 3 fully saturated rings. The van der Waals surface area contributed by atoms with Gasteiger partial charge in [0.25, 0.3) is 7.82 Å². The Labute approximate surface area is 498 Å². The van der Waals surface area contributed by atoms with Crippen molar-refractivity contribution >= 4 is 96.1 Å². The zero-order chi connectivity index (χ0) is 66.7. The number of nitrogens with zero attached hydrogens (tertiary/aromatic N) is 7. The van der Waals surface area contributed by atoms with Gasteiger partial charge in [0, 0.05) is 32.0 Å². The molecule has 4 aromatic rings. The van der Waals surface area contributed by atoms with Gasteiger partial charge in [0.2, 0.25) is 0 Å². The number of aromatic amines is 1. The van der Waals surface area contributed by atoms with E-state index in [4.69, 9.17) is 119 Å². The van der Waals surface area contributed by atoms with Crippen molar-refractivity contribution < 1.29 is 145 Å². The van der Waals surface area contributed by atoms with Gasteiger partial charge in [-0.05, 0) is 34.5 Å². The predicted octanol–water partition coefficient (Wildman–Crippen LogP) is -4.70. The molecule has 15 atom stereocenters. The summed E-state index contributed by atoms with van der Waals surface area (Å²) in [6.07, 6.45) is 15.9. The number of aliphatic hydroxyl groups is 7. The fourth-order valence-corrected chi connectivity index (χ4v) is 5.87. The Kier molecular flexibility index (Phi) is 46.3. The Morgan fingerprint density at radius 2 is 1.34 bits per heavy atom. The Hall–Kier alpha value is -5.68. The first-order valence-electron chi connectivity index (χ1n) is 21.3. The number of nitrogen functional groups attached to an aromatic ring is 2. The van der Waals surface area contributed by atoms with Gasteiger partial charge >= 0.3 is 36.9 Å². The third-order valence-corrected chi connectivity index (χ3v) is 10.1. The number of hydrogen-bond acceptors (Lipinski definition) is 36. The number of fused-ring (bicyclic) bond motifs is 2. The first-order chi connectivity index (χ1) is 39.4. The van der Waals surface area contributed by atoms with Crippen LogP contribution in [0.4, 0.5) is 20.4 Å². The van der Waals surface area contributed by atoms with E-state index in [1.54, 1.807) is 6.92 Å². The van der Waals surface area contributed by atoms with Crippen molar-refractivity contribution in [1.82, 2.24) is 39.5 Å². The Morgan fingerprint density at radius 1 is 0.897 bits per heavy atom. The van der Waals surface area contributed by atoms with Crippen LogP contribution >= 0.6 is 49.6 Å². The number of aromatic nitrogens is 8. The van der Waals surface area contributed by atoms with Crippen LogP contribution in [0.3, 0.4) is 0 Å². The van der Waals surface area contributed by atoms with E-state index in [-0.39, 0.29) is 62.6 Å². The maximum absolute atomic E-state index is 13.3. The standard InChI is InChI=1S/C12H12FN5O3.C7H11O7P.C7H10O3.C5H4FN5.C5H6O2.C2H4O.2CH4.H3NP2.3HO4P/c1-2-12(4-19)6(20)3-7(21-12)18-5-15-8-9(14)16-11(13)17-10(8)18;1-2-7(4-8)5(9)3-6(13-7)14-15(10,11)12;1-3-7(2)5(8)4-6(9)10-7;6-5-10-3(7)2-4(11-5)9-1-8-2;1-3-5(2,7)4-6;1-2-3;;;1-3-2;3*1-4-5(2)3/h1,5-7,19-20H,3-4H2,(H2,14,16,17);1,5-6,8-9H,3-4H2,(H2,10,11,12);1,5-6,8-9H,4H2,2H3;1H,(H3,7,8,9,10,11);1,4,7H,2H3;2H,1H3;2*1H4;1H,2H2;3*1H/p-3/t6-,7+,12+;5-,6+,7+;5-,6?,7-;;5-;;;;;;;/m000.0......./s1. The summed E-state index contributed by atoms with van der Waals surface area (Å²) in [4.78, 5) is 88.0. The van der Waals surface area contributed by atoms with Crippen LogP contribution < -0.4 is 41.6 Å². The minimum Gasteiger partial charge on any atom is -0.756 e. The number of aldehydes is 2. The molecule has 3 saturated heterocycles. The minimum atomic E-state index is -4.96. The molecule has 0 bridgehead atoms. The van der Waals surface area contributed by atoms with Crippen molar-refractivity contribution in [3.8, 4) is 49.4 Å². The fraction of sp³-hybridized carbons (Fsp3) is 0.500. The van der Waals surface area contributed by atoms with Crippen molar-refractivity contribution in [2.24, 2.45) is 0 Å². The molecule has 15 N–H and O–H groups in total. The molecule has 0 amide bonds. The van der Waals surface area contributed by atoms with Gasteiger partial charge in [-0.15, -0.1) is 25.7 Å². The van der Waals surface area contributed by atoms with Crippen LogP contribution in [0.15, 0.2) is 12.7 Å². The number of terminal acetylenes is 4. The largest absolute Gasteiger partial charge is 0.756 e. The average molecular weight is 1360 g/mol. The van der Waals surface area contributed by atoms with E-state index < -0.39 is 117 Å². The number of H-pyrrole nitrogens is 1. The highest BCUT2D eigenvalue weighted by Gasteiger charge is 2.49. The van der Waals surface area contributed by atoms with Crippen LogP contribution in [0.25, 0.3) is 22.3 Å². The van der Waals surface area contributed by atoms with E-state index in [0.29, 0.717) is 19.9 Å². The number of nitrogens with two attached hydrogens (primary N) is 2. The quantitative estimate of drug-likeness (QED) is 0.0187. The van der Waals surface area contributed by atoms with Crippen LogP contribution in [-0.2, 0) is 60.6 Å². The number of carbonyl (C=O) groups excluding carboxylic acids is 2. The number of anilines is 2. The Bertz CT molecular complexity index is 2960. The topological polar surface area (TPSA) is 661 Å². The van der Waals surface area contributed by atoms with Gasteiger partial charge in [0.1, 0.15) is 30.2 Å². The van der Waals surface area contributed by atoms with Crippen molar-refractivity contribution in [2.45, 2.75) is 114 Å². The summed E-state index contributed by atoms with van der Waals surface area (Å²) in [5.74, 6) is 8.41. The lowest BCUT2D eigenvalue weighted by Gasteiger charge is -2.24. The van der Waals surface area contributed by atoms with Crippen LogP contribution in [0, 0.1) is 66.7 Å². The van der Waals surface area contributed by atoms with E-state index in [9.17, 15) is 43.5 Å². The molecule has 6 unspecified atom stereocenters. The third kappa shape index (κ3) is 32.9. The lowest BCUT2D eigenvalue weighted by molar-refractivity contribution is -0.644. The molecule has 47 heteroatoms. The summed E-state index contributed by atoms with van der Waals surface area (Å²) >= 11 is 0. The monoisotopic (exact) mass is 1360 g/mol. The molecule has 0 aliphatic carbocycles. The highest BCUT2D eigenvalue weighted by Crippen LogP contribution is 2.40. The number of imidazole rings is 2. The smallest absolute Gasteiger partial charge is 0.521 e. The van der Waals surface area contributed by atoms with E-state index >= 15 is 0 Å². The van der Waals surface area contributed by atoms with Gasteiger partial charge in [-0.3, -0.25) is 23.6 Å². The fourth-order valence-electron chi connectivity index (χ4n) is 5.44. The number of carbonyl (C=O) groups is 2. The predicted molar refractivity (Wildman–Crippen MR) is 284 cm³/mol. The van der Waals surface area contributed by atoms with Crippen molar-refractivity contribution in [3.05, 3.63) is 24.8 Å². The molecular formula is C40H58F2N11O28P6-3. The van der Waals surface area contributed by atoms with E-state index in [2.05, 4.69) is 80.6 Å². The summed E-state index contributed by atoms with van der Waals surface area (Å²) in [6, 6.07) is 0. The second-order valence-corrected chi connectivity index (χ2v) is 19.0. The number of halogens is 2. The van der Waals surface area contributed by atoms with Crippen LogP contribution in [-0.4, -0.2) is 164 Å². The van der Waals surface area contributed by atoms with Crippen molar-refractivity contribution in [3.63, 3.8) is 0 Å². The molecule has 0 radical (unpaired) electrons. The lowest BCUT2D eigenvalue weighted by atomic mass is 9.99. The molecule has 488 valence electrons. The van der Waals surface area contributed by atoms with Gasteiger partial charge < -0.3 is 106 Å². The van der Waals surface area contributed by atoms with Gasteiger partial charge in [0.05, 0.1) is 32.0 Å². The molecule has 87 heavy (non-hydrogen) atoms. The molecular weight excluding hydrogens is 1310 g/mol. The van der Waals surface area contributed by atoms with Gasteiger partial charge in [0.15, 0.2) is 69.7 Å². The number of phosphoric ester groups is 1. The molecule has 0 spiro atoms. The highest BCUT2D eigenvalue weighted by atomic mass is 32.0. The second kappa shape index (κ2) is 44.7. The zero-order valence-corrected chi connectivity index (χ0v) is 48.9. The SMILES string of the molecule is C.C.C#C[C@](C)(O)C=O.C#C[C@]1(C)OC(O)C[C@@H]1O.C#C[C@]1(CO)O[C@@H](n2cnc3c(N)nc(F)nc32)C[C@@H]1O.C#C[C@]1(CO)O[C@H](OP(=O)([O-])O)C[C@@H]1O.CC=O.N=PP.Nc1nc(F)nc2nc[nH]c12.O=[P+]([O-])OO.O=[P+]([O-])O[O-].O=[P+]([O-])O[O-]. The molecule has 3 aliphatic heterocycles. The number of aliphatic hydroxyl groups excluding tert-OH is 6. The van der Waals surface area contributed by atoms with Crippen molar-refractivity contribution in [2.75, 3.05) is 24.7 Å². The number of ether oxygens (including phenoxy) is 3. The maximum atomic E-state index is 13.3. The first-order valence-corrected chi connectivity index (χ1v) is 28.6. The maximum Gasteiger partial charge on any atom is 0.521 e. The molecule has 39 nitrogen and oxygen atoms in total. The molecule has 7 heterocycles. The summed E-state index contributed by atoms with van der Waals surface area (Å²) < 4.78 is 91.1. The molecule has 0 aromatic carbocycles. The third-order valence-electron chi connectivity index (χ3n) is 9.27. The normalized spacial score (nSPS) is 24.2. The average Bonchev–Trinajstić information content (AvgIpc) is 1.78. The minimum absolute atomic E-state index is 0. The second-order valence-electron chi connectivity index (χ2n) is 15.0. The van der Waals surface area contributed by atoms with E-state index in [0.717, 1.165) is 6.29 Å². The Morgan fingerprint density at radius 3 is 1.68 bits per heavy atom. The van der Waals surface area contributed by atoms with Gasteiger partial charge in [-0.1, -0.05) is 47.5 Å². The summed E-state index contributed by atoms with van der Waals surface area (Å²) in [5.41, 5.74) is 6.22. The lowest BCUT2D eigenvalue weighted by Crippen LogP contribution is -2.41. The van der Waals surface area contributed by atoms with Crippen LogP contribution in [0.2, 0.25) is 0 Å². The van der Waals surface area contributed by atoms with Crippen molar-refractivity contribution in [1.29, 1.82) is 5.16 Å². The first kappa shape index (κ1) is 90.1.